The highest BCUT2D eigenvalue weighted by atomic mass is 16.2. The molecular weight excluding hydrogens is 304 g/mol. The molecule has 2 N–H and O–H groups in total. The Morgan fingerprint density at radius 3 is 2.33 bits per heavy atom. The van der Waals surface area contributed by atoms with Crippen molar-refractivity contribution in [3.8, 4) is 0 Å². The lowest BCUT2D eigenvalue weighted by Crippen LogP contribution is -2.41. The summed E-state index contributed by atoms with van der Waals surface area (Å²) in [7, 11) is 0. The third-order valence-corrected chi connectivity index (χ3v) is 6.06. The number of aliphatic imine (C=N–C) groups is 1. The van der Waals surface area contributed by atoms with Crippen molar-refractivity contribution in [3.05, 3.63) is 12.2 Å². The van der Waals surface area contributed by atoms with Gasteiger partial charge in [0.25, 0.3) is 0 Å². The minimum atomic E-state index is -0.0885. The van der Waals surface area contributed by atoms with Crippen molar-refractivity contribution in [2.45, 2.75) is 32.1 Å². The SMILES string of the molecule is NC(=NCCCN1C(=O)C2C3C=CC(C3)C2C1=O)N1CCCCC1. The van der Waals surface area contributed by atoms with Crippen LogP contribution in [0.2, 0.25) is 0 Å². The molecule has 6 heteroatoms. The van der Waals surface area contributed by atoms with E-state index in [2.05, 4.69) is 22.0 Å². The number of nitrogens with two attached hydrogens (primary N) is 1. The van der Waals surface area contributed by atoms with Crippen molar-refractivity contribution in [2.24, 2.45) is 34.4 Å². The molecule has 1 saturated carbocycles. The summed E-state index contributed by atoms with van der Waals surface area (Å²) in [6.07, 6.45) is 9.54. The van der Waals surface area contributed by atoms with Crippen molar-refractivity contribution in [2.75, 3.05) is 26.2 Å². The predicted octanol–water partition coefficient (Wildman–Crippen LogP) is 0.984. The van der Waals surface area contributed by atoms with Gasteiger partial charge in [0, 0.05) is 26.2 Å². The largest absolute Gasteiger partial charge is 0.370 e. The summed E-state index contributed by atoms with van der Waals surface area (Å²) in [5.74, 6) is 1.07. The number of amides is 2. The molecule has 24 heavy (non-hydrogen) atoms. The number of carbonyl (C=O) groups is 2. The van der Waals surface area contributed by atoms with Crippen LogP contribution in [0.1, 0.15) is 32.1 Å². The summed E-state index contributed by atoms with van der Waals surface area (Å²) in [5.41, 5.74) is 6.04. The molecule has 2 bridgehead atoms. The lowest BCUT2D eigenvalue weighted by atomic mass is 9.85. The van der Waals surface area contributed by atoms with Crippen LogP contribution in [0.4, 0.5) is 0 Å². The second kappa shape index (κ2) is 6.22. The van der Waals surface area contributed by atoms with E-state index in [-0.39, 0.29) is 35.5 Å². The van der Waals surface area contributed by atoms with Gasteiger partial charge in [-0.25, -0.2) is 0 Å². The highest BCUT2D eigenvalue weighted by Crippen LogP contribution is 2.52. The van der Waals surface area contributed by atoms with Crippen LogP contribution in [0.5, 0.6) is 0 Å². The molecule has 3 fully saturated rings. The molecule has 0 aromatic rings. The Hall–Kier alpha value is -1.85. The molecule has 2 aliphatic heterocycles. The van der Waals surface area contributed by atoms with Gasteiger partial charge in [0.2, 0.25) is 11.8 Å². The van der Waals surface area contributed by atoms with Gasteiger partial charge in [-0.15, -0.1) is 0 Å². The molecule has 2 heterocycles. The summed E-state index contributed by atoms with van der Waals surface area (Å²) in [4.78, 5) is 33.2. The van der Waals surface area contributed by atoms with Crippen molar-refractivity contribution in [1.29, 1.82) is 0 Å². The van der Waals surface area contributed by atoms with Gasteiger partial charge in [-0.1, -0.05) is 12.2 Å². The number of nitrogens with zero attached hydrogens (tertiary/aromatic N) is 3. The summed E-state index contributed by atoms with van der Waals surface area (Å²) in [6.45, 7) is 3.01. The molecule has 4 aliphatic rings. The molecule has 2 saturated heterocycles. The molecule has 0 aromatic carbocycles. The monoisotopic (exact) mass is 330 g/mol. The van der Waals surface area contributed by atoms with E-state index >= 15 is 0 Å². The molecule has 0 spiro atoms. The molecule has 0 radical (unpaired) electrons. The van der Waals surface area contributed by atoms with Crippen LogP contribution >= 0.6 is 0 Å². The molecule has 2 amide bonds. The van der Waals surface area contributed by atoms with Gasteiger partial charge in [-0.3, -0.25) is 19.5 Å². The van der Waals surface area contributed by atoms with Crippen LogP contribution < -0.4 is 5.73 Å². The third kappa shape index (κ3) is 2.52. The van der Waals surface area contributed by atoms with Gasteiger partial charge in [0.1, 0.15) is 0 Å². The minimum Gasteiger partial charge on any atom is -0.370 e. The normalized spacial score (nSPS) is 35.2. The molecular formula is C18H26N4O2. The average molecular weight is 330 g/mol. The zero-order chi connectivity index (χ0) is 16.7. The maximum absolute atomic E-state index is 12.6. The van der Waals surface area contributed by atoms with Gasteiger partial charge in [0.15, 0.2) is 5.96 Å². The van der Waals surface area contributed by atoms with Crippen LogP contribution in [-0.2, 0) is 9.59 Å². The first kappa shape index (κ1) is 15.7. The predicted molar refractivity (Wildman–Crippen MR) is 91.0 cm³/mol. The summed E-state index contributed by atoms with van der Waals surface area (Å²) in [6, 6.07) is 0. The standard InChI is InChI=1S/C18H26N4O2/c19-18(21-8-2-1-3-9-21)20-7-4-10-22-16(23)14-12-5-6-13(11-12)15(14)17(22)24/h5-6,12-15H,1-4,7-11H2,(H2,19,20). The Morgan fingerprint density at radius 1 is 1.08 bits per heavy atom. The fourth-order valence-corrected chi connectivity index (χ4v) is 4.83. The maximum Gasteiger partial charge on any atom is 0.233 e. The van der Waals surface area contributed by atoms with E-state index in [4.69, 9.17) is 5.73 Å². The van der Waals surface area contributed by atoms with Crippen molar-refractivity contribution in [3.63, 3.8) is 0 Å². The summed E-state index contributed by atoms with van der Waals surface area (Å²) >= 11 is 0. The quantitative estimate of drug-likeness (QED) is 0.274. The molecule has 2 aliphatic carbocycles. The van der Waals surface area contributed by atoms with Gasteiger partial charge >= 0.3 is 0 Å². The fraction of sp³-hybridized carbons (Fsp3) is 0.722. The Labute approximate surface area is 142 Å². The highest BCUT2D eigenvalue weighted by molar-refractivity contribution is 6.06. The topological polar surface area (TPSA) is 79.0 Å². The first-order valence-corrected chi connectivity index (χ1v) is 9.25. The number of likely N-dealkylation sites (tertiary alicyclic amines) is 2. The van der Waals surface area contributed by atoms with Crippen molar-refractivity contribution < 1.29 is 9.59 Å². The van der Waals surface area contributed by atoms with E-state index in [0.29, 0.717) is 25.5 Å². The van der Waals surface area contributed by atoms with Crippen LogP contribution in [0.25, 0.3) is 0 Å². The number of piperidine rings is 1. The molecule has 0 aromatic heterocycles. The van der Waals surface area contributed by atoms with Gasteiger partial charge in [-0.05, 0) is 43.9 Å². The number of fused-ring (bicyclic) bond motifs is 5. The van der Waals surface area contributed by atoms with Crippen LogP contribution in [0, 0.1) is 23.7 Å². The maximum atomic E-state index is 12.6. The third-order valence-electron chi connectivity index (χ3n) is 6.06. The van der Waals surface area contributed by atoms with Gasteiger partial charge in [-0.2, -0.15) is 0 Å². The lowest BCUT2D eigenvalue weighted by molar-refractivity contribution is -0.140. The van der Waals surface area contributed by atoms with Gasteiger partial charge < -0.3 is 10.6 Å². The van der Waals surface area contributed by atoms with Gasteiger partial charge in [0.05, 0.1) is 11.8 Å². The second-order valence-corrected chi connectivity index (χ2v) is 7.47. The second-order valence-electron chi connectivity index (χ2n) is 7.47. The number of rotatable bonds is 4. The minimum absolute atomic E-state index is 0.0369. The van der Waals surface area contributed by atoms with Crippen molar-refractivity contribution in [1.82, 2.24) is 9.80 Å². The molecule has 4 rings (SSSR count). The highest BCUT2D eigenvalue weighted by Gasteiger charge is 2.58. The fourth-order valence-electron chi connectivity index (χ4n) is 4.83. The van der Waals surface area contributed by atoms with Crippen LogP contribution in [0.3, 0.4) is 0 Å². The zero-order valence-electron chi connectivity index (χ0n) is 14.1. The Bertz CT molecular complexity index is 564. The molecule has 4 unspecified atom stereocenters. The number of imide groups is 1. The Balaban J connectivity index is 1.29. The van der Waals surface area contributed by atoms with Crippen molar-refractivity contribution >= 4 is 17.8 Å². The smallest absolute Gasteiger partial charge is 0.233 e. The van der Waals surface area contributed by atoms with E-state index in [9.17, 15) is 9.59 Å². The first-order chi connectivity index (χ1) is 11.7. The van der Waals surface area contributed by atoms with E-state index in [1.165, 1.54) is 24.2 Å². The number of hydrogen-bond acceptors (Lipinski definition) is 3. The van der Waals surface area contributed by atoms with E-state index in [0.717, 1.165) is 19.5 Å². The van der Waals surface area contributed by atoms with E-state index < -0.39 is 0 Å². The zero-order valence-corrected chi connectivity index (χ0v) is 14.1. The molecule has 4 atom stereocenters. The average Bonchev–Trinajstić information content (AvgIpc) is 3.28. The number of allylic oxidation sites excluding steroid dienone is 2. The number of carbonyl (C=O) groups excluding carboxylic acids is 2. The molecule has 130 valence electrons. The summed E-state index contributed by atoms with van der Waals surface area (Å²) < 4.78 is 0. The van der Waals surface area contributed by atoms with Crippen LogP contribution in [0.15, 0.2) is 17.1 Å². The summed E-state index contributed by atoms with van der Waals surface area (Å²) in [5, 5.41) is 0. The number of guanidine groups is 1. The lowest BCUT2D eigenvalue weighted by Gasteiger charge is -2.27. The van der Waals surface area contributed by atoms with E-state index in [1.807, 2.05) is 0 Å². The van der Waals surface area contributed by atoms with E-state index in [1.54, 1.807) is 0 Å². The molecule has 6 nitrogen and oxygen atoms in total. The van der Waals surface area contributed by atoms with Crippen LogP contribution in [-0.4, -0.2) is 53.8 Å². The Morgan fingerprint density at radius 2 is 1.71 bits per heavy atom. The Kier molecular flexibility index (Phi) is 4.06. The number of hydrogen-bond donors (Lipinski definition) is 1. The first-order valence-electron chi connectivity index (χ1n) is 9.25.